The van der Waals surface area contributed by atoms with Gasteiger partial charge in [0.15, 0.2) is 5.75 Å². The Morgan fingerprint density at radius 3 is 2.71 bits per heavy atom. The van der Waals surface area contributed by atoms with Crippen molar-refractivity contribution in [3.05, 3.63) is 82.7 Å². The van der Waals surface area contributed by atoms with Gasteiger partial charge in [-0.15, -0.1) is 0 Å². The van der Waals surface area contributed by atoms with Gasteiger partial charge in [0, 0.05) is 40.0 Å². The molecule has 3 heterocycles. The first-order valence-electron chi connectivity index (χ1n) is 10.7. The summed E-state index contributed by atoms with van der Waals surface area (Å²) >= 11 is 0. The number of fused-ring (bicyclic) bond motifs is 5. The molecule has 6 rings (SSSR count). The molecule has 2 aliphatic rings. The van der Waals surface area contributed by atoms with Crippen LogP contribution in [-0.4, -0.2) is 17.1 Å². The van der Waals surface area contributed by atoms with Crippen LogP contribution in [0.5, 0.6) is 17.4 Å². The second-order valence-electron chi connectivity index (χ2n) is 8.24. The molecule has 2 N–H and O–H groups in total. The van der Waals surface area contributed by atoms with Crippen LogP contribution in [0.1, 0.15) is 46.7 Å². The van der Waals surface area contributed by atoms with E-state index < -0.39 is 0 Å². The van der Waals surface area contributed by atoms with Gasteiger partial charge in [-0.05, 0) is 55.0 Å². The number of pyridine rings is 2. The van der Waals surface area contributed by atoms with Crippen molar-refractivity contribution < 1.29 is 9.47 Å². The Hall–Kier alpha value is -3.60. The number of anilines is 1. The maximum atomic E-state index is 6.82. The number of rotatable bonds is 2. The van der Waals surface area contributed by atoms with Crippen LogP contribution in [0.3, 0.4) is 0 Å². The molecule has 1 aliphatic heterocycles. The molecule has 4 aromatic rings. The van der Waals surface area contributed by atoms with Crippen molar-refractivity contribution in [2.75, 3.05) is 12.8 Å². The Morgan fingerprint density at radius 2 is 1.87 bits per heavy atom. The normalized spacial score (nSPS) is 16.7. The van der Waals surface area contributed by atoms with E-state index in [1.165, 1.54) is 5.56 Å². The van der Waals surface area contributed by atoms with Crippen LogP contribution in [0.2, 0.25) is 0 Å². The van der Waals surface area contributed by atoms with E-state index in [4.69, 9.17) is 20.2 Å². The summed E-state index contributed by atoms with van der Waals surface area (Å²) in [6, 6.07) is 16.4. The lowest BCUT2D eigenvalue weighted by molar-refractivity contribution is 0.414. The van der Waals surface area contributed by atoms with Gasteiger partial charge in [-0.3, -0.25) is 4.98 Å². The maximum Gasteiger partial charge on any atom is 0.225 e. The molecule has 31 heavy (non-hydrogen) atoms. The van der Waals surface area contributed by atoms with Gasteiger partial charge in [-0.1, -0.05) is 30.3 Å². The summed E-state index contributed by atoms with van der Waals surface area (Å²) in [4.78, 5) is 9.60. The van der Waals surface area contributed by atoms with Crippen LogP contribution < -0.4 is 15.2 Å². The third-order valence-electron chi connectivity index (χ3n) is 6.53. The molecule has 0 bridgehead atoms. The van der Waals surface area contributed by atoms with E-state index in [0.717, 1.165) is 76.2 Å². The summed E-state index contributed by atoms with van der Waals surface area (Å²) in [7, 11) is 1.68. The highest BCUT2D eigenvalue weighted by atomic mass is 16.5. The van der Waals surface area contributed by atoms with Crippen molar-refractivity contribution in [1.29, 1.82) is 0 Å². The third kappa shape index (κ3) is 2.76. The molecule has 0 amide bonds. The van der Waals surface area contributed by atoms with Crippen LogP contribution in [0.4, 0.5) is 5.69 Å². The van der Waals surface area contributed by atoms with E-state index in [1.54, 1.807) is 13.3 Å². The highest BCUT2D eigenvalue weighted by molar-refractivity contribution is 5.88. The van der Waals surface area contributed by atoms with Crippen LogP contribution in [0, 0.1) is 0 Å². The average molecular weight is 409 g/mol. The Labute approximate surface area is 180 Å². The predicted octanol–water partition coefficient (Wildman–Crippen LogP) is 5.39. The number of hydrogen-bond acceptors (Lipinski definition) is 5. The Balaban J connectivity index is 1.64. The van der Waals surface area contributed by atoms with Gasteiger partial charge < -0.3 is 15.2 Å². The summed E-state index contributed by atoms with van der Waals surface area (Å²) in [5, 5.41) is 1.05. The fraction of sp³-hybridized carbons (Fsp3) is 0.231. The van der Waals surface area contributed by atoms with Gasteiger partial charge >= 0.3 is 0 Å². The van der Waals surface area contributed by atoms with Crippen LogP contribution >= 0.6 is 0 Å². The van der Waals surface area contributed by atoms with Crippen molar-refractivity contribution in [1.82, 2.24) is 9.97 Å². The molecule has 5 heteroatoms. The molecule has 1 aliphatic carbocycles. The van der Waals surface area contributed by atoms with Gasteiger partial charge in [-0.2, -0.15) is 0 Å². The molecule has 0 fully saturated rings. The van der Waals surface area contributed by atoms with Crippen molar-refractivity contribution in [2.24, 2.45) is 0 Å². The lowest BCUT2D eigenvalue weighted by Gasteiger charge is -2.32. The van der Waals surface area contributed by atoms with Crippen molar-refractivity contribution >= 4 is 16.6 Å². The fourth-order valence-electron chi connectivity index (χ4n) is 4.98. The number of nitrogen functional groups attached to an aromatic ring is 1. The molecule has 1 unspecified atom stereocenters. The standard InChI is InChI=1S/C26H23N3O2/c1-30-17-11-8-15(9-12-17)21-19-13-10-16-5-4-14-28-24(16)25(19)31-26-22(21)23(27)18-6-2-3-7-20(18)29-26/h4-5,8-14,21H,2-3,6-7H2,1H3,(H2,27,29). The van der Waals surface area contributed by atoms with Crippen LogP contribution in [0.15, 0.2) is 54.7 Å². The Morgan fingerprint density at radius 1 is 1.03 bits per heavy atom. The fourth-order valence-corrected chi connectivity index (χ4v) is 4.98. The Kier molecular flexibility index (Phi) is 4.10. The Bertz CT molecular complexity index is 1310. The second-order valence-corrected chi connectivity index (χ2v) is 8.24. The molecular weight excluding hydrogens is 386 g/mol. The molecule has 0 radical (unpaired) electrons. The highest BCUT2D eigenvalue weighted by Crippen LogP contribution is 2.52. The first kappa shape index (κ1) is 18.2. The first-order chi connectivity index (χ1) is 15.2. The number of nitrogens with two attached hydrogens (primary N) is 1. The number of nitrogens with zero attached hydrogens (tertiary/aromatic N) is 2. The van der Waals surface area contributed by atoms with Gasteiger partial charge in [0.25, 0.3) is 0 Å². The van der Waals surface area contributed by atoms with Gasteiger partial charge in [0.2, 0.25) is 5.88 Å². The zero-order valence-electron chi connectivity index (χ0n) is 17.4. The van der Waals surface area contributed by atoms with Crippen molar-refractivity contribution in [3.63, 3.8) is 0 Å². The second kappa shape index (κ2) is 6.98. The quantitative estimate of drug-likeness (QED) is 0.424. The minimum atomic E-state index is -0.0733. The number of aryl methyl sites for hydroxylation is 1. The predicted molar refractivity (Wildman–Crippen MR) is 121 cm³/mol. The smallest absolute Gasteiger partial charge is 0.225 e. The van der Waals surface area contributed by atoms with Gasteiger partial charge in [0.05, 0.1) is 7.11 Å². The van der Waals surface area contributed by atoms with Crippen molar-refractivity contribution in [2.45, 2.75) is 31.6 Å². The van der Waals surface area contributed by atoms with Crippen LogP contribution in [-0.2, 0) is 12.8 Å². The van der Waals surface area contributed by atoms with Crippen molar-refractivity contribution in [3.8, 4) is 17.4 Å². The maximum absolute atomic E-state index is 6.82. The summed E-state index contributed by atoms with van der Waals surface area (Å²) < 4.78 is 11.8. The zero-order valence-corrected chi connectivity index (χ0v) is 17.4. The number of benzene rings is 2. The topological polar surface area (TPSA) is 70.3 Å². The van der Waals surface area contributed by atoms with E-state index in [2.05, 4.69) is 35.3 Å². The number of methoxy groups -OCH3 is 1. The molecule has 154 valence electrons. The molecular formula is C26H23N3O2. The minimum absolute atomic E-state index is 0.0733. The molecule has 5 nitrogen and oxygen atoms in total. The summed E-state index contributed by atoms with van der Waals surface area (Å²) in [5.74, 6) is 2.14. The summed E-state index contributed by atoms with van der Waals surface area (Å²) in [5.41, 5.74) is 13.9. The van der Waals surface area contributed by atoms with Crippen LogP contribution in [0.25, 0.3) is 10.9 Å². The first-order valence-corrected chi connectivity index (χ1v) is 10.7. The number of ether oxygens (including phenoxy) is 2. The molecule has 0 saturated heterocycles. The summed E-state index contributed by atoms with van der Waals surface area (Å²) in [6.07, 6.45) is 6.02. The SMILES string of the molecule is COc1ccc(C2c3ccc4cccnc4c3Oc3nc4c(c(N)c32)CCCC4)cc1. The van der Waals surface area contributed by atoms with Gasteiger partial charge in [-0.25, -0.2) is 4.98 Å². The lowest BCUT2D eigenvalue weighted by Crippen LogP contribution is -2.19. The minimum Gasteiger partial charge on any atom is -0.497 e. The van der Waals surface area contributed by atoms with E-state index in [9.17, 15) is 0 Å². The monoisotopic (exact) mass is 409 g/mol. The zero-order chi connectivity index (χ0) is 20.9. The van der Waals surface area contributed by atoms with E-state index in [0.29, 0.717) is 5.88 Å². The van der Waals surface area contributed by atoms with E-state index >= 15 is 0 Å². The molecule has 2 aromatic heterocycles. The van der Waals surface area contributed by atoms with E-state index in [1.807, 2.05) is 18.2 Å². The summed E-state index contributed by atoms with van der Waals surface area (Å²) in [6.45, 7) is 0. The lowest BCUT2D eigenvalue weighted by atomic mass is 9.80. The highest BCUT2D eigenvalue weighted by Gasteiger charge is 2.35. The largest absolute Gasteiger partial charge is 0.497 e. The molecule has 1 atom stereocenters. The molecule has 2 aromatic carbocycles. The van der Waals surface area contributed by atoms with Gasteiger partial charge in [0.1, 0.15) is 11.3 Å². The average Bonchev–Trinajstić information content (AvgIpc) is 2.83. The number of hydrogen-bond donors (Lipinski definition) is 1. The number of aromatic nitrogens is 2. The molecule has 0 saturated carbocycles. The molecule has 0 spiro atoms. The third-order valence-corrected chi connectivity index (χ3v) is 6.53. The van der Waals surface area contributed by atoms with E-state index in [-0.39, 0.29) is 5.92 Å².